The zero-order valence-corrected chi connectivity index (χ0v) is 11.3. The Bertz CT molecular complexity index is 577. The van der Waals surface area contributed by atoms with E-state index in [1.165, 1.54) is 4.90 Å². The fraction of sp³-hybridized carbons (Fsp3) is 0.400. The van der Waals surface area contributed by atoms with Crippen molar-refractivity contribution in [1.29, 1.82) is 0 Å². The highest BCUT2D eigenvalue weighted by atomic mass is 16.5. The van der Waals surface area contributed by atoms with Gasteiger partial charge in [-0.3, -0.25) is 9.69 Å². The van der Waals surface area contributed by atoms with Gasteiger partial charge in [-0.05, 0) is 37.0 Å². The third kappa shape index (κ3) is 2.19. The molecule has 1 heterocycles. The summed E-state index contributed by atoms with van der Waals surface area (Å²) in [5.41, 5.74) is 1.66. The molecule has 1 aliphatic heterocycles. The van der Waals surface area contributed by atoms with Crippen LogP contribution >= 0.6 is 0 Å². The van der Waals surface area contributed by atoms with Gasteiger partial charge in [0, 0.05) is 5.71 Å². The Balaban J connectivity index is 1.79. The molecule has 0 saturated heterocycles. The average molecular weight is 272 g/mol. The van der Waals surface area contributed by atoms with Gasteiger partial charge in [-0.1, -0.05) is 12.1 Å². The number of amides is 3. The molecule has 1 aromatic carbocycles. The molecule has 2 aliphatic rings. The second-order valence-electron chi connectivity index (χ2n) is 5.10. The first-order chi connectivity index (χ1) is 9.69. The molecule has 1 unspecified atom stereocenters. The maximum absolute atomic E-state index is 12.3. The molecule has 0 spiro atoms. The van der Waals surface area contributed by atoms with Crippen LogP contribution in [0.4, 0.5) is 4.79 Å². The molecular weight excluding hydrogens is 256 g/mol. The summed E-state index contributed by atoms with van der Waals surface area (Å²) in [6, 6.07) is 6.91. The summed E-state index contributed by atoms with van der Waals surface area (Å²) in [7, 11) is 1.60. The smallest absolute Gasteiger partial charge is 0.350 e. The second-order valence-corrected chi connectivity index (χ2v) is 5.10. The summed E-state index contributed by atoms with van der Waals surface area (Å²) in [5.74, 6) is 0.473. The zero-order valence-electron chi connectivity index (χ0n) is 11.3. The molecule has 1 aliphatic carbocycles. The molecule has 0 N–H and O–H groups in total. The molecule has 1 atom stereocenters. The summed E-state index contributed by atoms with van der Waals surface area (Å²) >= 11 is 0. The van der Waals surface area contributed by atoms with Crippen LogP contribution in [0, 0.1) is 5.92 Å². The molecule has 104 valence electrons. The molecule has 3 rings (SSSR count). The number of hydrogen-bond donors (Lipinski definition) is 0. The van der Waals surface area contributed by atoms with Crippen LogP contribution in [0.3, 0.4) is 0 Å². The van der Waals surface area contributed by atoms with E-state index in [1.54, 1.807) is 7.11 Å². The first-order valence-electron chi connectivity index (χ1n) is 6.75. The molecular formula is C15H16N2O3. The molecule has 0 aromatic heterocycles. The Kier molecular flexibility index (Phi) is 3.26. The molecule has 3 amide bonds. The van der Waals surface area contributed by atoms with E-state index in [2.05, 4.69) is 4.99 Å². The average Bonchev–Trinajstić information content (AvgIpc) is 2.92. The Morgan fingerprint density at radius 1 is 1.30 bits per heavy atom. The lowest BCUT2D eigenvalue weighted by Crippen LogP contribution is -2.44. The fourth-order valence-electron chi connectivity index (χ4n) is 2.75. The van der Waals surface area contributed by atoms with Gasteiger partial charge in [0.1, 0.15) is 5.75 Å². The minimum Gasteiger partial charge on any atom is -0.497 e. The number of benzene rings is 1. The van der Waals surface area contributed by atoms with E-state index in [4.69, 9.17) is 4.74 Å². The Labute approximate surface area is 117 Å². The summed E-state index contributed by atoms with van der Waals surface area (Å²) < 4.78 is 5.09. The van der Waals surface area contributed by atoms with Crippen LogP contribution in [0.15, 0.2) is 29.3 Å². The number of rotatable bonds is 3. The number of urea groups is 1. The molecule has 0 radical (unpaired) electrons. The molecule has 1 saturated carbocycles. The lowest BCUT2D eigenvalue weighted by atomic mass is 10.0. The van der Waals surface area contributed by atoms with Crippen molar-refractivity contribution in [1.82, 2.24) is 4.90 Å². The topological polar surface area (TPSA) is 59.0 Å². The number of hydrogen-bond acceptors (Lipinski definition) is 3. The van der Waals surface area contributed by atoms with Crippen molar-refractivity contribution in [2.24, 2.45) is 10.9 Å². The van der Waals surface area contributed by atoms with Crippen molar-refractivity contribution in [2.75, 3.05) is 7.11 Å². The van der Waals surface area contributed by atoms with Crippen LogP contribution in [0.1, 0.15) is 24.8 Å². The maximum Gasteiger partial charge on any atom is 0.350 e. The number of carbonyl (C=O) groups is 2. The molecule has 0 bridgehead atoms. The van der Waals surface area contributed by atoms with Gasteiger partial charge < -0.3 is 4.74 Å². The van der Waals surface area contributed by atoms with E-state index in [0.29, 0.717) is 0 Å². The summed E-state index contributed by atoms with van der Waals surface area (Å²) in [5, 5.41) is 0. The van der Waals surface area contributed by atoms with Crippen LogP contribution in [-0.4, -0.2) is 29.7 Å². The number of imide groups is 1. The van der Waals surface area contributed by atoms with Crippen molar-refractivity contribution in [3.63, 3.8) is 0 Å². The molecule has 1 aromatic rings. The fourth-order valence-corrected chi connectivity index (χ4v) is 2.75. The van der Waals surface area contributed by atoms with Gasteiger partial charge in [0.25, 0.3) is 0 Å². The van der Waals surface area contributed by atoms with Gasteiger partial charge in [0.2, 0.25) is 5.91 Å². The third-order valence-corrected chi connectivity index (χ3v) is 3.86. The highest BCUT2D eigenvalue weighted by Gasteiger charge is 2.39. The molecule has 5 nitrogen and oxygen atoms in total. The normalized spacial score (nSPS) is 21.8. The first kappa shape index (κ1) is 12.8. The van der Waals surface area contributed by atoms with E-state index < -0.39 is 6.03 Å². The number of aliphatic imine (C=N–C) groups is 1. The second kappa shape index (κ2) is 5.07. The van der Waals surface area contributed by atoms with Gasteiger partial charge in [-0.25, -0.2) is 9.79 Å². The third-order valence-electron chi connectivity index (χ3n) is 3.86. The van der Waals surface area contributed by atoms with Crippen molar-refractivity contribution >= 4 is 17.6 Å². The lowest BCUT2D eigenvalue weighted by molar-refractivity contribution is -0.131. The van der Waals surface area contributed by atoms with Crippen molar-refractivity contribution in [2.45, 2.75) is 25.8 Å². The summed E-state index contributed by atoms with van der Waals surface area (Å²) in [6.45, 7) is 0.273. The van der Waals surface area contributed by atoms with Crippen molar-refractivity contribution in [3.05, 3.63) is 29.8 Å². The van der Waals surface area contributed by atoms with Crippen LogP contribution in [0.5, 0.6) is 5.75 Å². The molecule has 5 heteroatoms. The van der Waals surface area contributed by atoms with Gasteiger partial charge in [-0.15, -0.1) is 0 Å². The largest absolute Gasteiger partial charge is 0.497 e. The predicted octanol–water partition coefficient (Wildman–Crippen LogP) is 2.40. The van der Waals surface area contributed by atoms with E-state index in [1.807, 2.05) is 24.3 Å². The van der Waals surface area contributed by atoms with Crippen molar-refractivity contribution in [3.8, 4) is 5.75 Å². The predicted molar refractivity (Wildman–Crippen MR) is 73.7 cm³/mol. The van der Waals surface area contributed by atoms with Gasteiger partial charge in [-0.2, -0.15) is 0 Å². The Morgan fingerprint density at radius 2 is 2.05 bits per heavy atom. The van der Waals surface area contributed by atoms with Gasteiger partial charge in [0.15, 0.2) is 0 Å². The number of methoxy groups -OCH3 is 1. The lowest BCUT2D eigenvalue weighted by Gasteiger charge is -2.26. The van der Waals surface area contributed by atoms with E-state index in [9.17, 15) is 9.59 Å². The summed E-state index contributed by atoms with van der Waals surface area (Å²) in [4.78, 5) is 29.6. The number of ether oxygens (including phenoxy) is 1. The number of fused-ring (bicyclic) bond motifs is 1. The SMILES string of the molecule is COc1ccc(CN2C(=O)N=C3CCCC3C2=O)cc1. The Morgan fingerprint density at radius 3 is 2.75 bits per heavy atom. The Hall–Kier alpha value is -2.17. The van der Waals surface area contributed by atoms with Crippen LogP contribution < -0.4 is 4.74 Å². The highest BCUT2D eigenvalue weighted by Crippen LogP contribution is 2.29. The van der Waals surface area contributed by atoms with Crippen LogP contribution in [0.25, 0.3) is 0 Å². The van der Waals surface area contributed by atoms with Crippen molar-refractivity contribution < 1.29 is 14.3 Å². The van der Waals surface area contributed by atoms with Gasteiger partial charge in [0.05, 0.1) is 19.6 Å². The summed E-state index contributed by atoms with van der Waals surface area (Å²) in [6.07, 6.45) is 2.53. The standard InChI is InChI=1S/C15H16N2O3/c1-20-11-7-5-10(6-8-11)9-17-14(18)12-3-2-4-13(12)16-15(17)19/h5-8,12H,2-4,9H2,1H3. The first-order valence-corrected chi connectivity index (χ1v) is 6.75. The van der Waals surface area contributed by atoms with Gasteiger partial charge >= 0.3 is 6.03 Å². The monoisotopic (exact) mass is 272 g/mol. The maximum atomic E-state index is 12.3. The molecule has 20 heavy (non-hydrogen) atoms. The van der Waals surface area contributed by atoms with Crippen LogP contribution in [0.2, 0.25) is 0 Å². The minimum atomic E-state index is -0.432. The highest BCUT2D eigenvalue weighted by molar-refractivity contribution is 6.17. The minimum absolute atomic E-state index is 0.103. The number of nitrogens with zero attached hydrogens (tertiary/aromatic N) is 2. The van der Waals surface area contributed by atoms with E-state index in [0.717, 1.165) is 36.3 Å². The van der Waals surface area contributed by atoms with E-state index >= 15 is 0 Å². The van der Waals surface area contributed by atoms with E-state index in [-0.39, 0.29) is 18.4 Å². The quantitative estimate of drug-likeness (QED) is 0.849. The number of carbonyl (C=O) groups excluding carboxylic acids is 2. The zero-order chi connectivity index (χ0) is 14.1. The van der Waals surface area contributed by atoms with Crippen LogP contribution in [-0.2, 0) is 11.3 Å². The molecule has 1 fully saturated rings.